The molecule has 0 aromatic rings. The third-order valence-electron chi connectivity index (χ3n) is 1.57. The molecule has 0 rings (SSSR count). The van der Waals surface area contributed by atoms with Crippen molar-refractivity contribution in [1.29, 1.82) is 0 Å². The highest BCUT2D eigenvalue weighted by molar-refractivity contribution is 6.20. The number of halogens is 1. The molecule has 2 atom stereocenters. The van der Waals surface area contributed by atoms with Gasteiger partial charge < -0.3 is 4.74 Å². The Bertz CT molecular complexity index is 126. The molecular weight excluding hydrogens is 160 g/mol. The molecule has 0 spiro atoms. The summed E-state index contributed by atoms with van der Waals surface area (Å²) in [4.78, 5) is 0. The van der Waals surface area contributed by atoms with Gasteiger partial charge in [0.15, 0.2) is 0 Å². The zero-order valence-corrected chi connectivity index (χ0v) is 8.48. The molecule has 0 aliphatic rings. The van der Waals surface area contributed by atoms with Crippen molar-refractivity contribution in [2.75, 3.05) is 7.11 Å². The molecule has 0 N–H and O–H groups in total. The monoisotopic (exact) mass is 176 g/mol. The standard InChI is InChI=1S/C9H17ClO/c1-7(2)5-6-9(11-4)8(3)10/h5,8-9H,6H2,1-4H3. The average molecular weight is 177 g/mol. The molecule has 0 aliphatic carbocycles. The van der Waals surface area contributed by atoms with Crippen LogP contribution in [-0.2, 0) is 4.74 Å². The Morgan fingerprint density at radius 3 is 2.36 bits per heavy atom. The first-order chi connectivity index (χ1) is 5.07. The zero-order valence-electron chi connectivity index (χ0n) is 7.73. The molecule has 0 aromatic carbocycles. The smallest absolute Gasteiger partial charge is 0.0766 e. The second-order valence-electron chi connectivity index (χ2n) is 2.97. The van der Waals surface area contributed by atoms with Crippen LogP contribution in [0.2, 0.25) is 0 Å². The summed E-state index contributed by atoms with van der Waals surface area (Å²) in [5.41, 5.74) is 1.31. The summed E-state index contributed by atoms with van der Waals surface area (Å²) in [5, 5.41) is 0.0793. The summed E-state index contributed by atoms with van der Waals surface area (Å²) in [6.45, 7) is 6.10. The Kier molecular flexibility index (Phi) is 5.61. The second kappa shape index (κ2) is 5.62. The number of alkyl halides is 1. The lowest BCUT2D eigenvalue weighted by atomic mass is 10.1. The normalized spacial score (nSPS) is 15.7. The highest BCUT2D eigenvalue weighted by Crippen LogP contribution is 2.11. The predicted molar refractivity (Wildman–Crippen MR) is 50.2 cm³/mol. The van der Waals surface area contributed by atoms with E-state index in [0.29, 0.717) is 0 Å². The number of hydrogen-bond acceptors (Lipinski definition) is 1. The predicted octanol–water partition coefficient (Wildman–Crippen LogP) is 2.99. The largest absolute Gasteiger partial charge is 0.380 e. The number of methoxy groups -OCH3 is 1. The molecule has 2 unspecified atom stereocenters. The van der Waals surface area contributed by atoms with Crippen LogP contribution in [-0.4, -0.2) is 18.6 Å². The highest BCUT2D eigenvalue weighted by Gasteiger charge is 2.11. The summed E-state index contributed by atoms with van der Waals surface area (Å²) >= 11 is 5.87. The maximum absolute atomic E-state index is 5.87. The van der Waals surface area contributed by atoms with Gasteiger partial charge in [0.1, 0.15) is 0 Å². The van der Waals surface area contributed by atoms with Crippen molar-refractivity contribution in [3.8, 4) is 0 Å². The molecule has 11 heavy (non-hydrogen) atoms. The molecule has 0 radical (unpaired) electrons. The Morgan fingerprint density at radius 1 is 1.55 bits per heavy atom. The van der Waals surface area contributed by atoms with E-state index in [1.165, 1.54) is 5.57 Å². The SMILES string of the molecule is COC(CC=C(C)C)C(C)Cl. The number of rotatable bonds is 4. The Labute approximate surface area is 74.4 Å². The van der Waals surface area contributed by atoms with Gasteiger partial charge in [-0.05, 0) is 27.2 Å². The fourth-order valence-electron chi connectivity index (χ4n) is 0.823. The van der Waals surface area contributed by atoms with Crippen molar-refractivity contribution in [2.24, 2.45) is 0 Å². The first-order valence-corrected chi connectivity index (χ1v) is 4.31. The van der Waals surface area contributed by atoms with E-state index in [2.05, 4.69) is 19.9 Å². The number of hydrogen-bond donors (Lipinski definition) is 0. The minimum Gasteiger partial charge on any atom is -0.380 e. The van der Waals surface area contributed by atoms with Crippen LogP contribution >= 0.6 is 11.6 Å². The van der Waals surface area contributed by atoms with Crippen LogP contribution < -0.4 is 0 Å². The van der Waals surface area contributed by atoms with Gasteiger partial charge in [-0.3, -0.25) is 0 Å². The van der Waals surface area contributed by atoms with Gasteiger partial charge in [-0.15, -0.1) is 11.6 Å². The maximum atomic E-state index is 5.87. The van der Waals surface area contributed by atoms with Crippen LogP contribution in [0.5, 0.6) is 0 Å². The number of ether oxygens (including phenoxy) is 1. The van der Waals surface area contributed by atoms with Crippen LogP contribution in [0.15, 0.2) is 11.6 Å². The summed E-state index contributed by atoms with van der Waals surface area (Å²) in [6.07, 6.45) is 3.20. The molecule has 1 nitrogen and oxygen atoms in total. The molecule has 0 fully saturated rings. The topological polar surface area (TPSA) is 9.23 Å². The Morgan fingerprint density at radius 2 is 2.09 bits per heavy atom. The first-order valence-electron chi connectivity index (χ1n) is 3.88. The molecule has 0 bridgehead atoms. The molecule has 0 saturated heterocycles. The molecule has 0 aliphatic heterocycles. The fraction of sp³-hybridized carbons (Fsp3) is 0.778. The van der Waals surface area contributed by atoms with Gasteiger partial charge in [0.2, 0.25) is 0 Å². The summed E-state index contributed by atoms with van der Waals surface area (Å²) in [6, 6.07) is 0. The second-order valence-corrected chi connectivity index (χ2v) is 3.66. The van der Waals surface area contributed by atoms with Crippen molar-refractivity contribution in [1.82, 2.24) is 0 Å². The van der Waals surface area contributed by atoms with Crippen molar-refractivity contribution in [3.05, 3.63) is 11.6 Å². The van der Waals surface area contributed by atoms with Gasteiger partial charge in [0, 0.05) is 7.11 Å². The molecule has 0 aromatic heterocycles. The zero-order chi connectivity index (χ0) is 8.85. The van der Waals surface area contributed by atoms with Crippen LogP contribution in [0.25, 0.3) is 0 Å². The van der Waals surface area contributed by atoms with E-state index < -0.39 is 0 Å². The van der Waals surface area contributed by atoms with E-state index in [0.717, 1.165) is 6.42 Å². The van der Waals surface area contributed by atoms with E-state index in [1.807, 2.05) is 6.92 Å². The van der Waals surface area contributed by atoms with E-state index >= 15 is 0 Å². The van der Waals surface area contributed by atoms with Gasteiger partial charge in [-0.2, -0.15) is 0 Å². The number of allylic oxidation sites excluding steroid dienone is 1. The Balaban J connectivity index is 3.79. The van der Waals surface area contributed by atoms with Gasteiger partial charge in [0.25, 0.3) is 0 Å². The third-order valence-corrected chi connectivity index (χ3v) is 1.85. The van der Waals surface area contributed by atoms with Crippen molar-refractivity contribution in [3.63, 3.8) is 0 Å². The summed E-state index contributed by atoms with van der Waals surface area (Å²) < 4.78 is 5.19. The van der Waals surface area contributed by atoms with E-state index in [4.69, 9.17) is 16.3 Å². The minimum atomic E-state index is 0.0793. The summed E-state index contributed by atoms with van der Waals surface area (Å²) in [7, 11) is 1.70. The quantitative estimate of drug-likeness (QED) is 0.473. The minimum absolute atomic E-state index is 0.0793. The van der Waals surface area contributed by atoms with Gasteiger partial charge >= 0.3 is 0 Å². The van der Waals surface area contributed by atoms with Crippen LogP contribution in [0.1, 0.15) is 27.2 Å². The van der Waals surface area contributed by atoms with Crippen LogP contribution in [0.4, 0.5) is 0 Å². The van der Waals surface area contributed by atoms with Crippen LogP contribution in [0.3, 0.4) is 0 Å². The average Bonchev–Trinajstić information content (AvgIpc) is 1.87. The first kappa shape index (κ1) is 11.0. The molecular formula is C9H17ClO. The van der Waals surface area contributed by atoms with Gasteiger partial charge in [-0.25, -0.2) is 0 Å². The van der Waals surface area contributed by atoms with E-state index in [1.54, 1.807) is 7.11 Å². The van der Waals surface area contributed by atoms with Crippen molar-refractivity contribution in [2.45, 2.75) is 38.7 Å². The fourth-order valence-corrected chi connectivity index (χ4v) is 1.03. The highest BCUT2D eigenvalue weighted by atomic mass is 35.5. The third kappa shape index (κ3) is 5.28. The van der Waals surface area contributed by atoms with Crippen molar-refractivity contribution >= 4 is 11.6 Å². The summed E-state index contributed by atoms with van der Waals surface area (Å²) in [5.74, 6) is 0. The van der Waals surface area contributed by atoms with Crippen molar-refractivity contribution < 1.29 is 4.74 Å². The molecule has 0 amide bonds. The lowest BCUT2D eigenvalue weighted by Crippen LogP contribution is -2.19. The molecule has 2 heteroatoms. The van der Waals surface area contributed by atoms with E-state index in [-0.39, 0.29) is 11.5 Å². The van der Waals surface area contributed by atoms with Gasteiger partial charge in [0.05, 0.1) is 11.5 Å². The molecule has 0 heterocycles. The van der Waals surface area contributed by atoms with Crippen LogP contribution in [0, 0.1) is 0 Å². The lowest BCUT2D eigenvalue weighted by molar-refractivity contribution is 0.105. The molecule has 66 valence electrons. The van der Waals surface area contributed by atoms with Gasteiger partial charge in [-0.1, -0.05) is 11.6 Å². The molecule has 0 saturated carbocycles. The lowest BCUT2D eigenvalue weighted by Gasteiger charge is -2.15. The Hall–Kier alpha value is -0.0100. The van der Waals surface area contributed by atoms with E-state index in [9.17, 15) is 0 Å². The maximum Gasteiger partial charge on any atom is 0.0766 e.